The van der Waals surface area contributed by atoms with Crippen LogP contribution in [-0.4, -0.2) is 6.67 Å². The number of benzene rings is 2. The molecule has 3 rings (SSSR count). The maximum absolute atomic E-state index is 12.6. The fourth-order valence-corrected chi connectivity index (χ4v) is 3.86. The second-order valence-electron chi connectivity index (χ2n) is 7.32. The van der Waals surface area contributed by atoms with Crippen LogP contribution in [0.25, 0.3) is 11.1 Å². The highest BCUT2D eigenvalue weighted by Crippen LogP contribution is 2.37. The van der Waals surface area contributed by atoms with E-state index >= 15 is 0 Å². The molecule has 0 heterocycles. The highest BCUT2D eigenvalue weighted by Gasteiger charge is 2.20. The zero-order valence-corrected chi connectivity index (χ0v) is 15.3. The third-order valence-corrected chi connectivity index (χ3v) is 5.51. The van der Waals surface area contributed by atoms with E-state index in [4.69, 9.17) is 0 Å². The number of alkyl halides is 2. The molecular formula is C24H28F2. The van der Waals surface area contributed by atoms with Crippen molar-refractivity contribution in [2.45, 2.75) is 51.1 Å². The van der Waals surface area contributed by atoms with Crippen molar-refractivity contribution >= 4 is 0 Å². The SMILES string of the molecule is FCCC/C=C/C1CCC(c2ccc(-c3ccc(CF)cc3)cc2)CC1. The van der Waals surface area contributed by atoms with E-state index in [1.54, 1.807) is 0 Å². The summed E-state index contributed by atoms with van der Waals surface area (Å²) in [5.41, 5.74) is 4.47. The van der Waals surface area contributed by atoms with Crippen LogP contribution in [0.4, 0.5) is 8.78 Å². The minimum Gasteiger partial charge on any atom is -0.251 e. The Morgan fingerprint density at radius 2 is 1.42 bits per heavy atom. The molecule has 26 heavy (non-hydrogen) atoms. The number of hydrogen-bond acceptors (Lipinski definition) is 0. The summed E-state index contributed by atoms with van der Waals surface area (Å²) in [5, 5.41) is 0. The average molecular weight is 354 g/mol. The van der Waals surface area contributed by atoms with Crippen LogP contribution in [0.1, 0.15) is 55.6 Å². The number of hydrogen-bond donors (Lipinski definition) is 0. The quantitative estimate of drug-likeness (QED) is 0.359. The Kier molecular flexibility index (Phi) is 6.99. The molecule has 2 heteroatoms. The van der Waals surface area contributed by atoms with Crippen molar-refractivity contribution in [3.8, 4) is 11.1 Å². The van der Waals surface area contributed by atoms with Gasteiger partial charge in [0.1, 0.15) is 6.67 Å². The van der Waals surface area contributed by atoms with Crippen molar-refractivity contribution in [3.63, 3.8) is 0 Å². The lowest BCUT2D eigenvalue weighted by Gasteiger charge is -2.27. The molecule has 1 aliphatic rings. The number of rotatable bonds is 7. The molecule has 0 atom stereocenters. The lowest BCUT2D eigenvalue weighted by molar-refractivity contribution is 0.375. The highest BCUT2D eigenvalue weighted by molar-refractivity contribution is 5.64. The predicted octanol–water partition coefficient (Wildman–Crippen LogP) is 7.40. The lowest BCUT2D eigenvalue weighted by atomic mass is 9.78. The summed E-state index contributed by atoms with van der Waals surface area (Å²) in [6.45, 7) is -0.625. The van der Waals surface area contributed by atoms with Gasteiger partial charge in [0.2, 0.25) is 0 Å². The van der Waals surface area contributed by atoms with Gasteiger partial charge in [-0.25, -0.2) is 4.39 Å². The molecule has 1 fully saturated rings. The van der Waals surface area contributed by atoms with Gasteiger partial charge in [-0.1, -0.05) is 60.7 Å². The van der Waals surface area contributed by atoms with Crippen molar-refractivity contribution < 1.29 is 8.78 Å². The topological polar surface area (TPSA) is 0 Å². The second-order valence-corrected chi connectivity index (χ2v) is 7.32. The Labute approximate surface area is 156 Å². The molecule has 0 nitrogen and oxygen atoms in total. The maximum atomic E-state index is 12.6. The summed E-state index contributed by atoms with van der Waals surface area (Å²) in [7, 11) is 0. The third kappa shape index (κ3) is 5.03. The van der Waals surface area contributed by atoms with Gasteiger partial charge in [-0.05, 0) is 72.6 Å². The van der Waals surface area contributed by atoms with E-state index in [9.17, 15) is 8.78 Å². The first kappa shape index (κ1) is 18.8. The smallest absolute Gasteiger partial charge is 0.115 e. The molecule has 1 aliphatic carbocycles. The van der Waals surface area contributed by atoms with Gasteiger partial charge in [0.05, 0.1) is 6.67 Å². The lowest BCUT2D eigenvalue weighted by Crippen LogP contribution is -2.11. The van der Waals surface area contributed by atoms with Crippen LogP contribution in [0.2, 0.25) is 0 Å². The monoisotopic (exact) mass is 354 g/mol. The normalized spacial score (nSPS) is 20.5. The predicted molar refractivity (Wildman–Crippen MR) is 106 cm³/mol. The van der Waals surface area contributed by atoms with Crippen LogP contribution < -0.4 is 0 Å². The van der Waals surface area contributed by atoms with Crippen molar-refractivity contribution in [2.75, 3.05) is 6.67 Å². The summed E-state index contributed by atoms with van der Waals surface area (Å²) >= 11 is 0. The molecule has 1 saturated carbocycles. The highest BCUT2D eigenvalue weighted by atomic mass is 19.1. The summed E-state index contributed by atoms with van der Waals surface area (Å²) < 4.78 is 24.7. The van der Waals surface area contributed by atoms with Crippen molar-refractivity contribution in [1.82, 2.24) is 0 Å². The van der Waals surface area contributed by atoms with Crippen LogP contribution in [0.15, 0.2) is 60.7 Å². The third-order valence-electron chi connectivity index (χ3n) is 5.51. The van der Waals surface area contributed by atoms with E-state index in [0.717, 1.165) is 17.5 Å². The fourth-order valence-electron chi connectivity index (χ4n) is 3.86. The van der Waals surface area contributed by atoms with Crippen LogP contribution >= 0.6 is 0 Å². The molecule has 0 N–H and O–H groups in total. The molecule has 0 aliphatic heterocycles. The summed E-state index contributed by atoms with van der Waals surface area (Å²) in [5.74, 6) is 1.31. The Balaban J connectivity index is 1.55. The van der Waals surface area contributed by atoms with Gasteiger partial charge in [-0.15, -0.1) is 0 Å². The molecule has 0 saturated heterocycles. The van der Waals surface area contributed by atoms with E-state index in [2.05, 4.69) is 36.4 Å². The minimum atomic E-state index is -0.410. The van der Waals surface area contributed by atoms with E-state index in [0.29, 0.717) is 18.3 Å². The first-order valence-corrected chi connectivity index (χ1v) is 9.78. The summed E-state index contributed by atoms with van der Waals surface area (Å²) in [4.78, 5) is 0. The molecule has 2 aromatic carbocycles. The van der Waals surface area contributed by atoms with E-state index in [-0.39, 0.29) is 6.67 Å². The van der Waals surface area contributed by atoms with Gasteiger partial charge in [-0.2, -0.15) is 0 Å². The van der Waals surface area contributed by atoms with Crippen LogP contribution in [0.5, 0.6) is 0 Å². The first-order valence-electron chi connectivity index (χ1n) is 9.78. The summed E-state index contributed by atoms with van der Waals surface area (Å²) in [6, 6.07) is 16.6. The first-order chi connectivity index (χ1) is 12.8. The van der Waals surface area contributed by atoms with Gasteiger partial charge in [-0.3, -0.25) is 4.39 Å². The molecular weight excluding hydrogens is 326 g/mol. The van der Waals surface area contributed by atoms with Crippen LogP contribution in [-0.2, 0) is 6.67 Å². The molecule has 0 spiro atoms. The zero-order valence-electron chi connectivity index (χ0n) is 15.3. The average Bonchev–Trinajstić information content (AvgIpc) is 2.72. The van der Waals surface area contributed by atoms with E-state index in [1.807, 2.05) is 24.3 Å². The molecule has 0 radical (unpaired) electrons. The van der Waals surface area contributed by atoms with Crippen LogP contribution in [0.3, 0.4) is 0 Å². The molecule has 0 bridgehead atoms. The number of unbranched alkanes of at least 4 members (excludes halogenated alkanes) is 1. The fraction of sp³-hybridized carbons (Fsp3) is 0.417. The Morgan fingerprint density at radius 1 is 0.808 bits per heavy atom. The van der Waals surface area contributed by atoms with E-state index in [1.165, 1.54) is 36.8 Å². The second kappa shape index (κ2) is 9.66. The van der Waals surface area contributed by atoms with E-state index < -0.39 is 6.67 Å². The van der Waals surface area contributed by atoms with Gasteiger partial charge >= 0.3 is 0 Å². The minimum absolute atomic E-state index is 0.215. The Bertz CT molecular complexity index is 677. The van der Waals surface area contributed by atoms with Crippen molar-refractivity contribution in [3.05, 3.63) is 71.8 Å². The standard InChI is InChI=1S/C24H28F2/c25-17-3-1-2-4-19-5-9-21(10-6-19)23-13-15-24(16-14-23)22-11-7-20(18-26)8-12-22/h2,4,7-8,11-16,19,21H,1,3,5-6,9-10,17-18H2/b4-2+. The van der Waals surface area contributed by atoms with Gasteiger partial charge in [0, 0.05) is 0 Å². The Morgan fingerprint density at radius 3 is 2.00 bits per heavy atom. The van der Waals surface area contributed by atoms with Gasteiger partial charge < -0.3 is 0 Å². The Hall–Kier alpha value is -1.96. The van der Waals surface area contributed by atoms with Gasteiger partial charge in [0.25, 0.3) is 0 Å². The molecule has 0 amide bonds. The molecule has 2 aromatic rings. The largest absolute Gasteiger partial charge is 0.251 e. The number of allylic oxidation sites excluding steroid dienone is 2. The maximum Gasteiger partial charge on any atom is 0.115 e. The molecule has 0 unspecified atom stereocenters. The van der Waals surface area contributed by atoms with Gasteiger partial charge in [0.15, 0.2) is 0 Å². The number of halogens is 2. The van der Waals surface area contributed by atoms with Crippen molar-refractivity contribution in [2.24, 2.45) is 5.92 Å². The summed E-state index contributed by atoms with van der Waals surface area (Å²) in [6.07, 6.45) is 10.9. The zero-order chi connectivity index (χ0) is 18.2. The molecule has 0 aromatic heterocycles. The van der Waals surface area contributed by atoms with Crippen LogP contribution in [0, 0.1) is 5.92 Å². The molecule has 138 valence electrons. The van der Waals surface area contributed by atoms with Crippen molar-refractivity contribution in [1.29, 1.82) is 0 Å².